The monoisotopic (exact) mass is 314 g/mol. The quantitative estimate of drug-likeness (QED) is 0.924. The minimum atomic E-state index is -0.696. The first-order chi connectivity index (χ1) is 9.92. The normalized spacial score (nSPS) is 30.2. The summed E-state index contributed by atoms with van der Waals surface area (Å²) in [5.74, 6) is 1.24. The summed E-state index contributed by atoms with van der Waals surface area (Å²) in [6.45, 7) is 6.12. The minimum absolute atomic E-state index is 0.00152. The summed E-state index contributed by atoms with van der Waals surface area (Å²) in [4.78, 5) is 0. The number of aliphatic hydroxyl groups excluding tert-OH is 1. The van der Waals surface area contributed by atoms with E-state index in [1.165, 1.54) is 7.11 Å². The molecule has 5 heteroatoms. The second-order valence-electron chi connectivity index (χ2n) is 5.63. The zero-order valence-electron chi connectivity index (χ0n) is 13.1. The van der Waals surface area contributed by atoms with Crippen LogP contribution in [0.1, 0.15) is 32.4 Å². The molecule has 0 radical (unpaired) electrons. The van der Waals surface area contributed by atoms with Gasteiger partial charge < -0.3 is 19.3 Å². The van der Waals surface area contributed by atoms with Gasteiger partial charge in [0.05, 0.1) is 32.5 Å². The highest BCUT2D eigenvalue weighted by Crippen LogP contribution is 2.46. The molecule has 1 fully saturated rings. The van der Waals surface area contributed by atoms with Gasteiger partial charge in [-0.25, -0.2) is 0 Å². The minimum Gasteiger partial charge on any atom is -0.495 e. The van der Waals surface area contributed by atoms with E-state index in [9.17, 15) is 5.11 Å². The molecule has 1 N–H and O–H groups in total. The SMILES string of the molecule is COc1ccc(C(O)C2C(C)OC(C)C2C)c(OC)c1Cl. The molecule has 5 unspecified atom stereocenters. The summed E-state index contributed by atoms with van der Waals surface area (Å²) < 4.78 is 16.4. The summed E-state index contributed by atoms with van der Waals surface area (Å²) in [5, 5.41) is 11.2. The van der Waals surface area contributed by atoms with Crippen LogP contribution in [0.2, 0.25) is 5.02 Å². The zero-order valence-corrected chi connectivity index (χ0v) is 13.8. The Kier molecular flexibility index (Phi) is 5.02. The number of hydrogen-bond acceptors (Lipinski definition) is 4. The summed E-state index contributed by atoms with van der Waals surface area (Å²) in [5.41, 5.74) is 0.671. The smallest absolute Gasteiger partial charge is 0.147 e. The number of rotatable bonds is 4. The van der Waals surface area contributed by atoms with E-state index in [4.69, 9.17) is 25.8 Å². The predicted molar refractivity (Wildman–Crippen MR) is 82.2 cm³/mol. The van der Waals surface area contributed by atoms with Crippen molar-refractivity contribution in [2.45, 2.75) is 39.1 Å². The number of aliphatic hydroxyl groups is 1. The molecule has 1 aliphatic rings. The Labute approximate surface area is 131 Å². The van der Waals surface area contributed by atoms with Gasteiger partial charge in [-0.1, -0.05) is 18.5 Å². The molecule has 0 amide bonds. The Morgan fingerprint density at radius 3 is 2.29 bits per heavy atom. The van der Waals surface area contributed by atoms with Crippen LogP contribution in [0.5, 0.6) is 11.5 Å². The molecule has 5 atom stereocenters. The van der Waals surface area contributed by atoms with Gasteiger partial charge in [-0.2, -0.15) is 0 Å². The molecule has 1 heterocycles. The van der Waals surface area contributed by atoms with Crippen LogP contribution in [0, 0.1) is 11.8 Å². The molecule has 1 saturated heterocycles. The Morgan fingerprint density at radius 1 is 1.14 bits per heavy atom. The molecule has 118 valence electrons. The van der Waals surface area contributed by atoms with Crippen LogP contribution < -0.4 is 9.47 Å². The molecule has 0 aromatic heterocycles. The standard InChI is InChI=1S/C16H23ClO4/c1-8-9(2)21-10(3)13(8)15(18)11-6-7-12(19-4)14(17)16(11)20-5/h6-10,13,15,18H,1-5H3. The van der Waals surface area contributed by atoms with Crippen molar-refractivity contribution in [3.63, 3.8) is 0 Å². The van der Waals surface area contributed by atoms with Gasteiger partial charge in [-0.05, 0) is 31.9 Å². The van der Waals surface area contributed by atoms with Gasteiger partial charge in [0, 0.05) is 11.5 Å². The van der Waals surface area contributed by atoms with E-state index in [0.29, 0.717) is 22.1 Å². The summed E-state index contributed by atoms with van der Waals surface area (Å²) >= 11 is 6.27. The Balaban J connectivity index is 2.39. The van der Waals surface area contributed by atoms with Crippen molar-refractivity contribution in [1.82, 2.24) is 0 Å². The van der Waals surface area contributed by atoms with Crippen molar-refractivity contribution in [2.24, 2.45) is 11.8 Å². The van der Waals surface area contributed by atoms with E-state index in [2.05, 4.69) is 6.92 Å². The Bertz CT molecular complexity index is 505. The number of halogens is 1. The zero-order chi connectivity index (χ0) is 15.7. The fraction of sp³-hybridized carbons (Fsp3) is 0.625. The average molecular weight is 315 g/mol. The van der Waals surface area contributed by atoms with Crippen LogP contribution in [0.25, 0.3) is 0 Å². The highest BCUT2D eigenvalue weighted by Gasteiger charge is 2.42. The van der Waals surface area contributed by atoms with Gasteiger partial charge in [0.15, 0.2) is 0 Å². The molecule has 1 aliphatic heterocycles. The molecule has 1 aromatic carbocycles. The van der Waals surface area contributed by atoms with Crippen molar-refractivity contribution >= 4 is 11.6 Å². The summed E-state index contributed by atoms with van der Waals surface area (Å²) in [6.07, 6.45) is -0.590. The maximum absolute atomic E-state index is 10.8. The molecule has 4 nitrogen and oxygen atoms in total. The van der Waals surface area contributed by atoms with Crippen LogP contribution in [0.3, 0.4) is 0 Å². The topological polar surface area (TPSA) is 47.9 Å². The fourth-order valence-electron chi connectivity index (χ4n) is 3.20. The third-order valence-corrected chi connectivity index (χ3v) is 4.88. The maximum atomic E-state index is 10.8. The Morgan fingerprint density at radius 2 is 1.81 bits per heavy atom. The lowest BCUT2D eigenvalue weighted by Gasteiger charge is -2.26. The van der Waals surface area contributed by atoms with Crippen molar-refractivity contribution in [3.05, 3.63) is 22.7 Å². The van der Waals surface area contributed by atoms with Gasteiger partial charge >= 0.3 is 0 Å². The van der Waals surface area contributed by atoms with Crippen molar-refractivity contribution < 1.29 is 19.3 Å². The fourth-order valence-corrected chi connectivity index (χ4v) is 3.52. The third kappa shape index (κ3) is 2.85. The van der Waals surface area contributed by atoms with Gasteiger partial charge in [-0.15, -0.1) is 0 Å². The molecule has 1 aromatic rings. The maximum Gasteiger partial charge on any atom is 0.147 e. The van der Waals surface area contributed by atoms with Gasteiger partial charge in [0.1, 0.15) is 16.5 Å². The van der Waals surface area contributed by atoms with E-state index >= 15 is 0 Å². The molecular weight excluding hydrogens is 292 g/mol. The predicted octanol–water partition coefficient (Wildman–Crippen LogP) is 3.45. The molecule has 0 saturated carbocycles. The van der Waals surface area contributed by atoms with Gasteiger partial charge in [0.25, 0.3) is 0 Å². The summed E-state index contributed by atoms with van der Waals surface area (Å²) in [6, 6.07) is 3.55. The van der Waals surface area contributed by atoms with Crippen LogP contribution in [-0.2, 0) is 4.74 Å². The Hall–Kier alpha value is -0.970. The third-order valence-electron chi connectivity index (χ3n) is 4.52. The van der Waals surface area contributed by atoms with E-state index in [1.54, 1.807) is 19.2 Å². The molecule has 2 rings (SSSR count). The lowest BCUT2D eigenvalue weighted by Crippen LogP contribution is -2.25. The lowest BCUT2D eigenvalue weighted by molar-refractivity contribution is 0.0224. The van der Waals surface area contributed by atoms with E-state index in [-0.39, 0.29) is 24.0 Å². The summed E-state index contributed by atoms with van der Waals surface area (Å²) in [7, 11) is 3.09. The first-order valence-corrected chi connectivity index (χ1v) is 7.54. The highest BCUT2D eigenvalue weighted by atomic mass is 35.5. The second-order valence-corrected chi connectivity index (χ2v) is 6.01. The first-order valence-electron chi connectivity index (χ1n) is 7.16. The van der Waals surface area contributed by atoms with Gasteiger partial charge in [0.2, 0.25) is 0 Å². The number of methoxy groups -OCH3 is 2. The molecule has 0 aliphatic carbocycles. The van der Waals surface area contributed by atoms with Crippen LogP contribution in [0.4, 0.5) is 0 Å². The average Bonchev–Trinajstić information content (AvgIpc) is 2.71. The largest absolute Gasteiger partial charge is 0.495 e. The van der Waals surface area contributed by atoms with E-state index in [1.807, 2.05) is 13.8 Å². The number of ether oxygens (including phenoxy) is 3. The van der Waals surface area contributed by atoms with Crippen LogP contribution >= 0.6 is 11.6 Å². The second kappa shape index (κ2) is 6.42. The van der Waals surface area contributed by atoms with E-state index in [0.717, 1.165) is 0 Å². The first kappa shape index (κ1) is 16.4. The highest BCUT2D eigenvalue weighted by molar-refractivity contribution is 6.33. The van der Waals surface area contributed by atoms with Crippen molar-refractivity contribution in [2.75, 3.05) is 14.2 Å². The van der Waals surface area contributed by atoms with E-state index < -0.39 is 6.10 Å². The van der Waals surface area contributed by atoms with Gasteiger partial charge in [-0.3, -0.25) is 0 Å². The molecule has 0 spiro atoms. The number of hydrogen-bond donors (Lipinski definition) is 1. The molecule has 21 heavy (non-hydrogen) atoms. The van der Waals surface area contributed by atoms with Crippen LogP contribution in [-0.4, -0.2) is 31.5 Å². The van der Waals surface area contributed by atoms with Crippen LogP contribution in [0.15, 0.2) is 12.1 Å². The lowest BCUT2D eigenvalue weighted by atomic mass is 9.82. The molecule has 0 bridgehead atoms. The van der Waals surface area contributed by atoms with Crippen molar-refractivity contribution in [3.8, 4) is 11.5 Å². The molecular formula is C16H23ClO4. The number of benzene rings is 1. The van der Waals surface area contributed by atoms with Crippen molar-refractivity contribution in [1.29, 1.82) is 0 Å².